The fourth-order valence-corrected chi connectivity index (χ4v) is 3.43. The van der Waals surface area contributed by atoms with E-state index in [1.165, 1.54) is 24.1 Å². The molecule has 1 saturated carbocycles. The standard InChI is InChI=1S/C17H19BrN4O/c1-23-17-13(6-14(18)8-20-17)9-22-5-4-12-7-19-16(11-2-3-11)21-15(12)10-22/h6-8,11H,2-5,9-10H2,1H3. The highest BCUT2D eigenvalue weighted by Gasteiger charge is 2.28. The van der Waals surface area contributed by atoms with Crippen LogP contribution in [0.2, 0.25) is 0 Å². The van der Waals surface area contributed by atoms with Gasteiger partial charge in [-0.25, -0.2) is 15.0 Å². The fraction of sp³-hybridized carbons (Fsp3) is 0.471. The lowest BCUT2D eigenvalue weighted by Crippen LogP contribution is -2.31. The third kappa shape index (κ3) is 3.23. The van der Waals surface area contributed by atoms with Gasteiger partial charge >= 0.3 is 0 Å². The topological polar surface area (TPSA) is 51.1 Å². The van der Waals surface area contributed by atoms with Crippen molar-refractivity contribution >= 4 is 15.9 Å². The maximum Gasteiger partial charge on any atom is 0.217 e. The Labute approximate surface area is 144 Å². The summed E-state index contributed by atoms with van der Waals surface area (Å²) in [6.45, 7) is 2.69. The number of rotatable bonds is 4. The van der Waals surface area contributed by atoms with Crippen molar-refractivity contribution in [3.63, 3.8) is 0 Å². The lowest BCUT2D eigenvalue weighted by atomic mass is 10.1. The van der Waals surface area contributed by atoms with Crippen LogP contribution in [-0.4, -0.2) is 33.5 Å². The molecule has 4 rings (SSSR count). The summed E-state index contributed by atoms with van der Waals surface area (Å²) in [5.41, 5.74) is 3.59. The first-order valence-corrected chi connectivity index (χ1v) is 8.77. The van der Waals surface area contributed by atoms with Crippen molar-refractivity contribution < 1.29 is 4.74 Å². The molecule has 0 bridgehead atoms. The van der Waals surface area contributed by atoms with Crippen LogP contribution in [0.1, 0.15) is 41.4 Å². The monoisotopic (exact) mass is 374 g/mol. The van der Waals surface area contributed by atoms with E-state index >= 15 is 0 Å². The Kier molecular flexibility index (Phi) is 4.03. The number of hydrogen-bond donors (Lipinski definition) is 0. The summed E-state index contributed by atoms with van der Waals surface area (Å²) in [5, 5.41) is 0. The van der Waals surface area contributed by atoms with Gasteiger partial charge in [0.15, 0.2) is 0 Å². The molecule has 0 aromatic carbocycles. The van der Waals surface area contributed by atoms with Gasteiger partial charge in [0.1, 0.15) is 5.82 Å². The Morgan fingerprint density at radius 1 is 1.30 bits per heavy atom. The zero-order valence-electron chi connectivity index (χ0n) is 13.1. The van der Waals surface area contributed by atoms with Gasteiger partial charge in [0.25, 0.3) is 0 Å². The SMILES string of the molecule is COc1ncc(Br)cc1CN1CCc2cnc(C3CC3)nc2C1. The van der Waals surface area contributed by atoms with Gasteiger partial charge in [-0.05, 0) is 46.8 Å². The van der Waals surface area contributed by atoms with Crippen molar-refractivity contribution in [2.45, 2.75) is 38.3 Å². The van der Waals surface area contributed by atoms with E-state index in [0.717, 1.165) is 41.9 Å². The number of fused-ring (bicyclic) bond motifs is 1. The van der Waals surface area contributed by atoms with Gasteiger partial charge in [-0.3, -0.25) is 4.90 Å². The molecule has 1 aliphatic carbocycles. The second kappa shape index (κ2) is 6.17. The molecule has 2 aromatic rings. The highest BCUT2D eigenvalue weighted by atomic mass is 79.9. The van der Waals surface area contributed by atoms with Gasteiger partial charge in [0.2, 0.25) is 5.88 Å². The molecule has 1 fully saturated rings. The third-order valence-corrected chi connectivity index (χ3v) is 4.90. The van der Waals surface area contributed by atoms with Crippen molar-refractivity contribution in [3.8, 4) is 5.88 Å². The first-order valence-electron chi connectivity index (χ1n) is 7.98. The number of nitrogens with zero attached hydrogens (tertiary/aromatic N) is 4. The summed E-state index contributed by atoms with van der Waals surface area (Å²) in [4.78, 5) is 16.1. The molecule has 0 amide bonds. The molecular formula is C17H19BrN4O. The lowest BCUT2D eigenvalue weighted by molar-refractivity contribution is 0.236. The molecule has 5 nitrogen and oxygen atoms in total. The van der Waals surface area contributed by atoms with E-state index in [9.17, 15) is 0 Å². The molecule has 6 heteroatoms. The summed E-state index contributed by atoms with van der Waals surface area (Å²) < 4.78 is 6.36. The van der Waals surface area contributed by atoms with Crippen molar-refractivity contribution in [1.82, 2.24) is 19.9 Å². The highest BCUT2D eigenvalue weighted by molar-refractivity contribution is 9.10. The minimum Gasteiger partial charge on any atom is -0.481 e. The second-order valence-corrected chi connectivity index (χ2v) is 7.17. The Hall–Kier alpha value is -1.53. The van der Waals surface area contributed by atoms with Crippen LogP contribution < -0.4 is 4.74 Å². The van der Waals surface area contributed by atoms with Crippen LogP contribution in [0, 0.1) is 0 Å². The molecule has 23 heavy (non-hydrogen) atoms. The van der Waals surface area contributed by atoms with Crippen LogP contribution in [0.5, 0.6) is 5.88 Å². The smallest absolute Gasteiger partial charge is 0.217 e. The molecule has 0 atom stereocenters. The van der Waals surface area contributed by atoms with E-state index < -0.39 is 0 Å². The number of pyridine rings is 1. The van der Waals surface area contributed by atoms with Crippen molar-refractivity contribution in [2.24, 2.45) is 0 Å². The predicted molar refractivity (Wildman–Crippen MR) is 90.3 cm³/mol. The van der Waals surface area contributed by atoms with E-state index in [0.29, 0.717) is 11.8 Å². The minimum atomic E-state index is 0.602. The Morgan fingerprint density at radius 2 is 2.17 bits per heavy atom. The second-order valence-electron chi connectivity index (χ2n) is 6.26. The maximum atomic E-state index is 5.39. The van der Waals surface area contributed by atoms with Gasteiger partial charge in [-0.1, -0.05) is 0 Å². The normalized spacial score (nSPS) is 17.8. The van der Waals surface area contributed by atoms with Crippen molar-refractivity contribution in [1.29, 1.82) is 0 Å². The molecule has 0 N–H and O–H groups in total. The van der Waals surface area contributed by atoms with Gasteiger partial charge in [-0.2, -0.15) is 0 Å². The van der Waals surface area contributed by atoms with Gasteiger partial charge in [0.05, 0.1) is 12.8 Å². The fourth-order valence-electron chi connectivity index (χ4n) is 3.05. The number of methoxy groups -OCH3 is 1. The number of ether oxygens (including phenoxy) is 1. The molecule has 0 spiro atoms. The number of halogens is 1. The minimum absolute atomic E-state index is 0.602. The summed E-state index contributed by atoms with van der Waals surface area (Å²) >= 11 is 3.49. The molecule has 2 aliphatic rings. The van der Waals surface area contributed by atoms with E-state index in [1.54, 1.807) is 13.3 Å². The lowest BCUT2D eigenvalue weighted by Gasteiger charge is -2.28. The maximum absolute atomic E-state index is 5.39. The van der Waals surface area contributed by atoms with E-state index in [2.05, 4.69) is 36.9 Å². The first kappa shape index (κ1) is 15.0. The average molecular weight is 375 g/mol. The molecule has 0 unspecified atom stereocenters. The molecule has 0 saturated heterocycles. The predicted octanol–water partition coefficient (Wildman–Crippen LogP) is 3.08. The first-order chi connectivity index (χ1) is 11.2. The Bertz CT molecular complexity index is 733. The summed E-state index contributed by atoms with van der Waals surface area (Å²) in [6, 6.07) is 2.08. The molecule has 1 aliphatic heterocycles. The number of aromatic nitrogens is 3. The van der Waals surface area contributed by atoms with Crippen LogP contribution in [0.3, 0.4) is 0 Å². The van der Waals surface area contributed by atoms with E-state index in [4.69, 9.17) is 9.72 Å². The largest absolute Gasteiger partial charge is 0.481 e. The zero-order valence-corrected chi connectivity index (χ0v) is 14.7. The van der Waals surface area contributed by atoms with Crippen LogP contribution in [0.15, 0.2) is 22.9 Å². The molecule has 2 aromatic heterocycles. The Balaban J connectivity index is 1.53. The van der Waals surface area contributed by atoms with Gasteiger partial charge < -0.3 is 4.74 Å². The van der Waals surface area contributed by atoms with E-state index in [1.807, 2.05) is 6.20 Å². The molecule has 120 valence electrons. The van der Waals surface area contributed by atoms with Crippen LogP contribution in [-0.2, 0) is 19.5 Å². The summed E-state index contributed by atoms with van der Waals surface area (Å²) in [7, 11) is 1.67. The zero-order chi connectivity index (χ0) is 15.8. The molecular weight excluding hydrogens is 356 g/mol. The molecule has 3 heterocycles. The summed E-state index contributed by atoms with van der Waals surface area (Å²) in [6.07, 6.45) is 7.29. The number of hydrogen-bond acceptors (Lipinski definition) is 5. The van der Waals surface area contributed by atoms with Crippen LogP contribution in [0.25, 0.3) is 0 Å². The highest BCUT2D eigenvalue weighted by Crippen LogP contribution is 2.38. The van der Waals surface area contributed by atoms with Crippen molar-refractivity contribution in [3.05, 3.63) is 45.6 Å². The van der Waals surface area contributed by atoms with E-state index in [-0.39, 0.29) is 0 Å². The average Bonchev–Trinajstić information content (AvgIpc) is 3.39. The van der Waals surface area contributed by atoms with Gasteiger partial charge in [0, 0.05) is 48.0 Å². The molecule has 0 radical (unpaired) electrons. The summed E-state index contributed by atoms with van der Waals surface area (Å²) in [5.74, 6) is 2.33. The van der Waals surface area contributed by atoms with Crippen LogP contribution >= 0.6 is 15.9 Å². The Morgan fingerprint density at radius 3 is 2.96 bits per heavy atom. The third-order valence-electron chi connectivity index (χ3n) is 4.47. The van der Waals surface area contributed by atoms with Crippen LogP contribution in [0.4, 0.5) is 0 Å². The van der Waals surface area contributed by atoms with Crippen molar-refractivity contribution in [2.75, 3.05) is 13.7 Å². The van der Waals surface area contributed by atoms with Gasteiger partial charge in [-0.15, -0.1) is 0 Å². The quantitative estimate of drug-likeness (QED) is 0.822.